The van der Waals surface area contributed by atoms with Crippen molar-refractivity contribution in [2.75, 3.05) is 20.2 Å². The Bertz CT molecular complexity index is 684. The lowest BCUT2D eigenvalue weighted by Crippen LogP contribution is -2.29. The highest BCUT2D eigenvalue weighted by Crippen LogP contribution is 2.29. The molecule has 0 aromatic heterocycles. The summed E-state index contributed by atoms with van der Waals surface area (Å²) in [6.07, 6.45) is 1.37. The van der Waals surface area contributed by atoms with Crippen LogP contribution in [0.2, 0.25) is 5.02 Å². The molecule has 0 saturated carbocycles. The Labute approximate surface area is 141 Å². The molecule has 0 radical (unpaired) electrons. The van der Waals surface area contributed by atoms with Crippen LogP contribution in [0.5, 0.6) is 5.75 Å². The number of methoxy groups -OCH3 is 1. The number of nitrogens with zero attached hydrogens (tertiary/aromatic N) is 1. The Kier molecular flexibility index (Phi) is 4.87. The van der Waals surface area contributed by atoms with Gasteiger partial charge in [0, 0.05) is 24.0 Å². The zero-order valence-corrected chi connectivity index (χ0v) is 13.9. The molecule has 3 nitrogen and oxygen atoms in total. The van der Waals surface area contributed by atoms with Crippen molar-refractivity contribution in [2.45, 2.75) is 18.8 Å². The summed E-state index contributed by atoms with van der Waals surface area (Å²) in [5.41, 5.74) is 2.16. The molecule has 0 N–H and O–H groups in total. The Hall–Kier alpha value is -2.00. The number of benzene rings is 2. The van der Waals surface area contributed by atoms with Crippen molar-refractivity contribution in [1.29, 1.82) is 0 Å². The molecule has 1 aliphatic heterocycles. The van der Waals surface area contributed by atoms with Gasteiger partial charge in [0.05, 0.1) is 13.5 Å². The summed E-state index contributed by atoms with van der Waals surface area (Å²) in [6, 6.07) is 15.7. The number of hydrogen-bond acceptors (Lipinski definition) is 2. The fourth-order valence-corrected chi connectivity index (χ4v) is 3.25. The first-order chi connectivity index (χ1) is 11.2. The van der Waals surface area contributed by atoms with Gasteiger partial charge in [0.2, 0.25) is 5.91 Å². The molecule has 1 saturated heterocycles. The molecule has 1 amide bonds. The summed E-state index contributed by atoms with van der Waals surface area (Å²) in [7, 11) is 1.67. The molecular weight excluding hydrogens is 310 g/mol. The van der Waals surface area contributed by atoms with Gasteiger partial charge < -0.3 is 9.64 Å². The van der Waals surface area contributed by atoms with E-state index in [0.717, 1.165) is 30.8 Å². The van der Waals surface area contributed by atoms with Crippen molar-refractivity contribution in [1.82, 2.24) is 4.90 Å². The van der Waals surface area contributed by atoms with Crippen molar-refractivity contribution in [3.63, 3.8) is 0 Å². The van der Waals surface area contributed by atoms with Crippen LogP contribution in [0.15, 0.2) is 48.5 Å². The lowest BCUT2D eigenvalue weighted by atomic mass is 9.98. The van der Waals surface area contributed by atoms with Crippen molar-refractivity contribution in [3.8, 4) is 5.75 Å². The first-order valence-corrected chi connectivity index (χ1v) is 8.20. The minimum absolute atomic E-state index is 0.147. The van der Waals surface area contributed by atoms with E-state index in [9.17, 15) is 4.79 Å². The second-order valence-corrected chi connectivity index (χ2v) is 6.27. The van der Waals surface area contributed by atoms with Crippen molar-refractivity contribution in [2.24, 2.45) is 0 Å². The molecule has 3 rings (SSSR count). The first-order valence-electron chi connectivity index (χ1n) is 7.82. The predicted molar refractivity (Wildman–Crippen MR) is 92.1 cm³/mol. The lowest BCUT2D eigenvalue weighted by Gasteiger charge is -2.17. The van der Waals surface area contributed by atoms with Gasteiger partial charge in [-0.25, -0.2) is 0 Å². The van der Waals surface area contributed by atoms with Crippen LogP contribution >= 0.6 is 11.6 Å². The van der Waals surface area contributed by atoms with Crippen LogP contribution in [0.3, 0.4) is 0 Å². The van der Waals surface area contributed by atoms with Crippen molar-refractivity contribution < 1.29 is 9.53 Å². The summed E-state index contributed by atoms with van der Waals surface area (Å²) in [5, 5.41) is 0.659. The fourth-order valence-electron chi connectivity index (χ4n) is 3.05. The van der Waals surface area contributed by atoms with Crippen LogP contribution in [0.1, 0.15) is 23.5 Å². The van der Waals surface area contributed by atoms with E-state index in [1.54, 1.807) is 7.11 Å². The molecule has 1 aliphatic rings. The van der Waals surface area contributed by atoms with Crippen molar-refractivity contribution in [3.05, 3.63) is 64.7 Å². The summed E-state index contributed by atoms with van der Waals surface area (Å²) < 4.78 is 5.19. The standard InChI is InChI=1S/C19H20ClNO2/c1-23-17-8-6-14(7-9-17)16-10-11-21(13-16)19(22)12-15-4-2-3-5-18(15)20/h2-9,16H,10-13H2,1H3/t16-/m1/s1. The molecule has 0 spiro atoms. The van der Waals surface area contributed by atoms with Gasteiger partial charge in [-0.1, -0.05) is 41.9 Å². The fraction of sp³-hybridized carbons (Fsp3) is 0.316. The second-order valence-electron chi connectivity index (χ2n) is 5.87. The molecule has 1 heterocycles. The van der Waals surface area contributed by atoms with Crippen molar-refractivity contribution >= 4 is 17.5 Å². The number of hydrogen-bond donors (Lipinski definition) is 0. The summed E-state index contributed by atoms with van der Waals surface area (Å²) in [5.74, 6) is 1.41. The molecule has 23 heavy (non-hydrogen) atoms. The Balaban J connectivity index is 1.62. The summed E-state index contributed by atoms with van der Waals surface area (Å²) in [4.78, 5) is 14.4. The van der Waals surface area contributed by atoms with Gasteiger partial charge in [-0.2, -0.15) is 0 Å². The number of carbonyl (C=O) groups excluding carboxylic acids is 1. The molecule has 2 aromatic carbocycles. The van der Waals surface area contributed by atoms with E-state index in [4.69, 9.17) is 16.3 Å². The third-order valence-electron chi connectivity index (χ3n) is 4.43. The first kappa shape index (κ1) is 15.9. The zero-order valence-electron chi connectivity index (χ0n) is 13.2. The summed E-state index contributed by atoms with van der Waals surface area (Å²) in [6.45, 7) is 1.58. The van der Waals surface area contributed by atoms with Gasteiger partial charge in [0.15, 0.2) is 0 Å². The van der Waals surface area contributed by atoms with Crippen LogP contribution in [0.25, 0.3) is 0 Å². The third-order valence-corrected chi connectivity index (χ3v) is 4.80. The normalized spacial score (nSPS) is 17.3. The number of amides is 1. The van der Waals surface area contributed by atoms with E-state index in [1.165, 1.54) is 5.56 Å². The highest BCUT2D eigenvalue weighted by Gasteiger charge is 2.27. The Morgan fingerprint density at radius 3 is 2.65 bits per heavy atom. The maximum Gasteiger partial charge on any atom is 0.227 e. The van der Waals surface area contributed by atoms with Gasteiger partial charge >= 0.3 is 0 Å². The van der Waals surface area contributed by atoms with Crippen LogP contribution in [0.4, 0.5) is 0 Å². The van der Waals surface area contributed by atoms with Crippen LogP contribution in [-0.4, -0.2) is 31.0 Å². The molecule has 2 aromatic rings. The molecule has 0 unspecified atom stereocenters. The van der Waals surface area contributed by atoms with Crippen LogP contribution in [-0.2, 0) is 11.2 Å². The van der Waals surface area contributed by atoms with E-state index in [1.807, 2.05) is 41.3 Å². The van der Waals surface area contributed by atoms with Gasteiger partial charge in [0.1, 0.15) is 5.75 Å². The van der Waals surface area contributed by atoms with E-state index in [2.05, 4.69) is 12.1 Å². The van der Waals surface area contributed by atoms with E-state index >= 15 is 0 Å². The number of carbonyl (C=O) groups is 1. The lowest BCUT2D eigenvalue weighted by molar-refractivity contribution is -0.129. The Morgan fingerprint density at radius 2 is 1.96 bits per heavy atom. The molecule has 120 valence electrons. The molecule has 0 aliphatic carbocycles. The average molecular weight is 330 g/mol. The SMILES string of the molecule is COc1ccc([C@@H]2CCN(C(=O)Cc3ccccc3Cl)C2)cc1. The summed E-state index contributed by atoms with van der Waals surface area (Å²) >= 11 is 6.15. The highest BCUT2D eigenvalue weighted by molar-refractivity contribution is 6.31. The zero-order chi connectivity index (χ0) is 16.2. The smallest absolute Gasteiger partial charge is 0.227 e. The van der Waals surface area contributed by atoms with Gasteiger partial charge in [-0.15, -0.1) is 0 Å². The predicted octanol–water partition coefficient (Wildman–Crippen LogP) is 3.91. The van der Waals surface area contributed by atoms with E-state index in [-0.39, 0.29) is 5.91 Å². The molecular formula is C19H20ClNO2. The number of ether oxygens (including phenoxy) is 1. The molecule has 1 fully saturated rings. The quantitative estimate of drug-likeness (QED) is 0.851. The minimum Gasteiger partial charge on any atom is -0.497 e. The van der Waals surface area contributed by atoms with Gasteiger partial charge in [0.25, 0.3) is 0 Å². The van der Waals surface area contributed by atoms with Crippen LogP contribution < -0.4 is 4.74 Å². The molecule has 4 heteroatoms. The highest BCUT2D eigenvalue weighted by atomic mass is 35.5. The van der Waals surface area contributed by atoms with Crippen LogP contribution in [0, 0.1) is 0 Å². The maximum atomic E-state index is 12.5. The number of rotatable bonds is 4. The van der Waals surface area contributed by atoms with E-state index < -0.39 is 0 Å². The topological polar surface area (TPSA) is 29.5 Å². The molecule has 0 bridgehead atoms. The minimum atomic E-state index is 0.147. The number of likely N-dealkylation sites (tertiary alicyclic amines) is 1. The monoisotopic (exact) mass is 329 g/mol. The second kappa shape index (κ2) is 7.05. The largest absolute Gasteiger partial charge is 0.497 e. The Morgan fingerprint density at radius 1 is 1.22 bits per heavy atom. The average Bonchev–Trinajstić information content (AvgIpc) is 3.07. The third kappa shape index (κ3) is 3.67. The van der Waals surface area contributed by atoms with E-state index in [0.29, 0.717) is 17.4 Å². The maximum absolute atomic E-state index is 12.5. The molecule has 1 atom stereocenters. The van der Waals surface area contributed by atoms with Gasteiger partial charge in [-0.3, -0.25) is 4.79 Å². The number of halogens is 1. The van der Waals surface area contributed by atoms with Gasteiger partial charge in [-0.05, 0) is 35.7 Å².